The Morgan fingerprint density at radius 3 is 2.75 bits per heavy atom. The number of rotatable bonds is 7. The first kappa shape index (κ1) is 20.2. The molecule has 0 fully saturated rings. The van der Waals surface area contributed by atoms with Crippen LogP contribution in [0, 0.1) is 5.82 Å². The molecule has 5 rings (SSSR count). The molecule has 9 heteroatoms. The van der Waals surface area contributed by atoms with E-state index in [-0.39, 0.29) is 11.4 Å². The van der Waals surface area contributed by atoms with Crippen LogP contribution < -0.4 is 5.56 Å². The van der Waals surface area contributed by atoms with Gasteiger partial charge in [0.15, 0.2) is 5.82 Å². The summed E-state index contributed by atoms with van der Waals surface area (Å²) in [5.41, 5.74) is 2.44. The van der Waals surface area contributed by atoms with E-state index >= 15 is 0 Å². The van der Waals surface area contributed by atoms with Crippen molar-refractivity contribution in [2.45, 2.75) is 25.8 Å². The minimum atomic E-state index is -0.248. The molecular formula is C23H18FN5O2S. The van der Waals surface area contributed by atoms with Crippen molar-refractivity contribution in [3.05, 3.63) is 104 Å². The Balaban J connectivity index is 1.21. The molecule has 0 aliphatic rings. The van der Waals surface area contributed by atoms with Crippen molar-refractivity contribution in [1.29, 1.82) is 0 Å². The molecule has 3 aromatic heterocycles. The van der Waals surface area contributed by atoms with Gasteiger partial charge in [-0.2, -0.15) is 4.98 Å². The molecule has 0 radical (unpaired) electrons. The summed E-state index contributed by atoms with van der Waals surface area (Å²) >= 11 is 1.54. The van der Waals surface area contributed by atoms with E-state index in [0.29, 0.717) is 48.4 Å². The molecule has 0 bridgehead atoms. The van der Waals surface area contributed by atoms with E-state index in [0.717, 1.165) is 16.3 Å². The van der Waals surface area contributed by atoms with Crippen LogP contribution in [0.5, 0.6) is 0 Å². The second kappa shape index (κ2) is 8.80. The average molecular weight is 447 g/mol. The van der Waals surface area contributed by atoms with E-state index in [1.165, 1.54) is 12.1 Å². The molecule has 0 aliphatic heterocycles. The highest BCUT2D eigenvalue weighted by Gasteiger charge is 2.11. The number of thiazole rings is 1. The maximum absolute atomic E-state index is 13.1. The molecule has 0 saturated carbocycles. The van der Waals surface area contributed by atoms with E-state index in [2.05, 4.69) is 20.1 Å². The zero-order valence-corrected chi connectivity index (χ0v) is 17.8. The zero-order chi connectivity index (χ0) is 21.9. The lowest BCUT2D eigenvalue weighted by atomic mass is 10.1. The molecule has 0 atom stereocenters. The van der Waals surface area contributed by atoms with Crippen LogP contribution in [0.2, 0.25) is 0 Å². The fourth-order valence-corrected chi connectivity index (χ4v) is 4.22. The molecular weight excluding hydrogens is 429 g/mol. The highest BCUT2D eigenvalue weighted by atomic mass is 32.1. The second-order valence-electron chi connectivity index (χ2n) is 7.33. The minimum absolute atomic E-state index is 0.0875. The first-order chi connectivity index (χ1) is 15.6. The van der Waals surface area contributed by atoms with Gasteiger partial charge in [-0.15, -0.1) is 11.3 Å². The minimum Gasteiger partial charge on any atom is -0.339 e. The zero-order valence-electron chi connectivity index (χ0n) is 16.9. The highest BCUT2D eigenvalue weighted by Crippen LogP contribution is 2.17. The smallest absolute Gasteiger partial charge is 0.261 e. The Morgan fingerprint density at radius 1 is 1.03 bits per heavy atom. The van der Waals surface area contributed by atoms with Gasteiger partial charge in [0.1, 0.15) is 5.82 Å². The van der Waals surface area contributed by atoms with Crippen LogP contribution in [0.3, 0.4) is 0 Å². The summed E-state index contributed by atoms with van der Waals surface area (Å²) in [6.07, 6.45) is 3.08. The number of halogens is 1. The maximum atomic E-state index is 13.1. The van der Waals surface area contributed by atoms with Gasteiger partial charge in [-0.05, 0) is 29.8 Å². The molecule has 7 nitrogen and oxygen atoms in total. The number of aryl methyl sites for hydroxylation is 2. The normalized spacial score (nSPS) is 11.3. The Hall–Kier alpha value is -3.72. The third-order valence-corrected chi connectivity index (χ3v) is 5.92. The second-order valence-corrected chi connectivity index (χ2v) is 8.27. The predicted octanol–water partition coefficient (Wildman–Crippen LogP) is 3.80. The van der Waals surface area contributed by atoms with Crippen LogP contribution in [-0.2, 0) is 25.8 Å². The van der Waals surface area contributed by atoms with Gasteiger partial charge in [-0.3, -0.25) is 9.36 Å². The molecule has 0 amide bonds. The standard InChI is InChI=1S/C23H18FN5O2S/c24-16-7-5-15(6-8-16)11-22-26-17(13-32-22)12-21-27-20(28-31-21)9-10-29-14-25-19-4-2-1-3-18(19)23(29)30/h1-8,13-14H,9-12H2. The summed E-state index contributed by atoms with van der Waals surface area (Å²) in [5, 5.41) is 7.51. The van der Waals surface area contributed by atoms with Crippen LogP contribution in [0.4, 0.5) is 4.39 Å². The number of nitrogens with zero attached hydrogens (tertiary/aromatic N) is 5. The lowest BCUT2D eigenvalue weighted by Gasteiger charge is -2.04. The monoisotopic (exact) mass is 447 g/mol. The summed E-state index contributed by atoms with van der Waals surface area (Å²) < 4.78 is 20.0. The van der Waals surface area contributed by atoms with Crippen molar-refractivity contribution in [1.82, 2.24) is 24.7 Å². The molecule has 2 aromatic carbocycles. The fourth-order valence-electron chi connectivity index (χ4n) is 3.39. The third-order valence-electron chi connectivity index (χ3n) is 5.02. The van der Waals surface area contributed by atoms with E-state index in [1.807, 2.05) is 23.6 Å². The van der Waals surface area contributed by atoms with E-state index < -0.39 is 0 Å². The van der Waals surface area contributed by atoms with Crippen LogP contribution >= 0.6 is 11.3 Å². The molecule has 32 heavy (non-hydrogen) atoms. The molecule has 160 valence electrons. The fraction of sp³-hybridized carbons (Fsp3) is 0.174. The SMILES string of the molecule is O=c1c2ccccc2ncn1CCc1noc(Cc2csc(Cc3ccc(F)cc3)n2)n1. The van der Waals surface area contributed by atoms with E-state index in [9.17, 15) is 9.18 Å². The van der Waals surface area contributed by atoms with Crippen molar-refractivity contribution in [3.8, 4) is 0 Å². The molecule has 5 aromatic rings. The Kier molecular flexibility index (Phi) is 5.55. The Labute approximate surface area is 186 Å². The number of benzene rings is 2. The summed E-state index contributed by atoms with van der Waals surface area (Å²) in [7, 11) is 0. The van der Waals surface area contributed by atoms with E-state index in [4.69, 9.17) is 4.52 Å². The molecule has 0 N–H and O–H groups in total. The van der Waals surface area contributed by atoms with Crippen LogP contribution in [0.15, 0.2) is 69.6 Å². The van der Waals surface area contributed by atoms with Gasteiger partial charge < -0.3 is 4.52 Å². The lowest BCUT2D eigenvalue weighted by Crippen LogP contribution is -2.21. The van der Waals surface area contributed by atoms with Gasteiger partial charge in [0.05, 0.1) is 34.4 Å². The average Bonchev–Trinajstić information content (AvgIpc) is 3.44. The van der Waals surface area contributed by atoms with Gasteiger partial charge in [-0.25, -0.2) is 14.4 Å². The van der Waals surface area contributed by atoms with Crippen LogP contribution in [0.1, 0.15) is 28.0 Å². The van der Waals surface area contributed by atoms with Crippen LogP contribution in [0.25, 0.3) is 10.9 Å². The largest absolute Gasteiger partial charge is 0.339 e. The van der Waals surface area contributed by atoms with Gasteiger partial charge in [0, 0.05) is 24.8 Å². The number of hydrogen-bond acceptors (Lipinski definition) is 7. The number of fused-ring (bicyclic) bond motifs is 1. The molecule has 0 spiro atoms. The number of aromatic nitrogens is 5. The van der Waals surface area contributed by atoms with Crippen molar-refractivity contribution in [2.24, 2.45) is 0 Å². The van der Waals surface area contributed by atoms with Crippen molar-refractivity contribution in [3.63, 3.8) is 0 Å². The summed E-state index contributed by atoms with van der Waals surface area (Å²) in [6.45, 7) is 0.411. The summed E-state index contributed by atoms with van der Waals surface area (Å²) in [5.74, 6) is 0.756. The van der Waals surface area contributed by atoms with Gasteiger partial charge in [0.2, 0.25) is 5.89 Å². The number of para-hydroxylation sites is 1. The highest BCUT2D eigenvalue weighted by molar-refractivity contribution is 7.09. The summed E-state index contributed by atoms with van der Waals surface area (Å²) in [6, 6.07) is 13.7. The molecule has 0 aliphatic carbocycles. The van der Waals surface area contributed by atoms with Crippen molar-refractivity contribution in [2.75, 3.05) is 0 Å². The summed E-state index contributed by atoms with van der Waals surface area (Å²) in [4.78, 5) is 25.9. The topological polar surface area (TPSA) is 86.7 Å². The quantitative estimate of drug-likeness (QED) is 0.377. The third kappa shape index (κ3) is 4.47. The first-order valence-corrected chi connectivity index (χ1v) is 11.0. The maximum Gasteiger partial charge on any atom is 0.261 e. The first-order valence-electron chi connectivity index (χ1n) is 10.1. The van der Waals surface area contributed by atoms with Crippen LogP contribution in [-0.4, -0.2) is 24.7 Å². The Morgan fingerprint density at radius 2 is 1.88 bits per heavy atom. The predicted molar refractivity (Wildman–Crippen MR) is 118 cm³/mol. The lowest BCUT2D eigenvalue weighted by molar-refractivity contribution is 0.377. The van der Waals surface area contributed by atoms with Crippen molar-refractivity contribution >= 4 is 22.2 Å². The van der Waals surface area contributed by atoms with Crippen molar-refractivity contribution < 1.29 is 8.91 Å². The van der Waals surface area contributed by atoms with Gasteiger partial charge in [-0.1, -0.05) is 29.4 Å². The molecule has 0 unspecified atom stereocenters. The van der Waals surface area contributed by atoms with E-state index in [1.54, 1.807) is 40.4 Å². The molecule has 0 saturated heterocycles. The number of hydrogen-bond donors (Lipinski definition) is 0. The van der Waals surface area contributed by atoms with Gasteiger partial charge in [0.25, 0.3) is 5.56 Å². The van der Waals surface area contributed by atoms with Gasteiger partial charge >= 0.3 is 0 Å². The Bertz CT molecular complexity index is 1420. The molecule has 3 heterocycles.